The van der Waals surface area contributed by atoms with Crippen molar-refractivity contribution in [1.82, 2.24) is 10.3 Å². The van der Waals surface area contributed by atoms with E-state index < -0.39 is 18.1 Å². The fraction of sp³-hybridized carbons (Fsp3) is 0.667. The molecule has 0 aliphatic heterocycles. The average molecular weight is 384 g/mol. The van der Waals surface area contributed by atoms with E-state index in [1.54, 1.807) is 5.38 Å². The van der Waals surface area contributed by atoms with Crippen LogP contribution < -0.4 is 5.32 Å². The molecule has 0 bridgehead atoms. The SMILES string of the molecule is C=N[C@H](C(=O)N[C@H](C[C@@H](O)c1nc(C(=O)OC)cs1)C(C)C)[C@@H](C)CC. The molecule has 1 rings (SSSR count). The van der Waals surface area contributed by atoms with Crippen molar-refractivity contribution in [2.24, 2.45) is 16.8 Å². The van der Waals surface area contributed by atoms with Crippen LogP contribution in [0.1, 0.15) is 62.1 Å². The zero-order valence-corrected chi connectivity index (χ0v) is 16.9. The number of methoxy groups -OCH3 is 1. The van der Waals surface area contributed by atoms with Crippen molar-refractivity contribution < 1.29 is 19.4 Å². The molecule has 4 atom stereocenters. The van der Waals surface area contributed by atoms with E-state index in [0.717, 1.165) is 6.42 Å². The Balaban J connectivity index is 2.81. The number of rotatable bonds is 10. The molecule has 0 unspecified atom stereocenters. The highest BCUT2D eigenvalue weighted by atomic mass is 32.1. The predicted octanol–water partition coefficient (Wildman–Crippen LogP) is 2.61. The van der Waals surface area contributed by atoms with Crippen LogP contribution in [0.25, 0.3) is 0 Å². The van der Waals surface area contributed by atoms with Gasteiger partial charge in [-0.05, 0) is 18.6 Å². The summed E-state index contributed by atoms with van der Waals surface area (Å²) in [4.78, 5) is 32.1. The number of esters is 1. The van der Waals surface area contributed by atoms with Gasteiger partial charge in [-0.25, -0.2) is 9.78 Å². The van der Waals surface area contributed by atoms with Crippen molar-refractivity contribution in [1.29, 1.82) is 0 Å². The molecule has 2 N–H and O–H groups in total. The molecule has 0 fully saturated rings. The van der Waals surface area contributed by atoms with E-state index in [0.29, 0.717) is 11.4 Å². The van der Waals surface area contributed by atoms with Gasteiger partial charge in [0, 0.05) is 17.8 Å². The Morgan fingerprint density at radius 1 is 1.42 bits per heavy atom. The van der Waals surface area contributed by atoms with Gasteiger partial charge in [0.15, 0.2) is 5.69 Å². The minimum atomic E-state index is -0.884. The van der Waals surface area contributed by atoms with Crippen LogP contribution in [0, 0.1) is 11.8 Å². The topological polar surface area (TPSA) is 101 Å². The highest BCUT2D eigenvalue weighted by molar-refractivity contribution is 7.09. The van der Waals surface area contributed by atoms with Crippen molar-refractivity contribution >= 4 is 29.9 Å². The Morgan fingerprint density at radius 3 is 2.58 bits per heavy atom. The van der Waals surface area contributed by atoms with Crippen molar-refractivity contribution in [3.8, 4) is 0 Å². The average Bonchev–Trinajstić information content (AvgIpc) is 3.10. The van der Waals surface area contributed by atoms with Gasteiger partial charge < -0.3 is 15.2 Å². The molecule has 0 saturated heterocycles. The largest absolute Gasteiger partial charge is 0.464 e. The molecule has 26 heavy (non-hydrogen) atoms. The molecular weight excluding hydrogens is 354 g/mol. The Kier molecular flexibility index (Phi) is 8.87. The smallest absolute Gasteiger partial charge is 0.357 e. The number of carbonyl (C=O) groups is 2. The maximum absolute atomic E-state index is 12.5. The molecule has 0 aromatic carbocycles. The zero-order chi connectivity index (χ0) is 19.9. The first-order chi connectivity index (χ1) is 12.2. The molecule has 0 saturated carbocycles. The zero-order valence-electron chi connectivity index (χ0n) is 16.1. The second-order valence-corrected chi connectivity index (χ2v) is 7.58. The van der Waals surface area contributed by atoms with Gasteiger partial charge in [0.1, 0.15) is 17.2 Å². The van der Waals surface area contributed by atoms with Gasteiger partial charge in [0.2, 0.25) is 5.91 Å². The third kappa shape index (κ3) is 5.88. The van der Waals surface area contributed by atoms with Crippen molar-refractivity contribution in [2.45, 2.75) is 58.7 Å². The minimum Gasteiger partial charge on any atom is -0.464 e. The normalized spacial score (nSPS) is 15.8. The molecule has 8 heteroatoms. The number of nitrogens with zero attached hydrogens (tertiary/aromatic N) is 2. The van der Waals surface area contributed by atoms with E-state index in [1.165, 1.54) is 18.4 Å². The number of aliphatic hydroxyl groups is 1. The lowest BCUT2D eigenvalue weighted by molar-refractivity contribution is -0.124. The molecule has 1 heterocycles. The van der Waals surface area contributed by atoms with Crippen molar-refractivity contribution in [3.05, 3.63) is 16.1 Å². The molecule has 1 amide bonds. The second kappa shape index (κ2) is 10.4. The van der Waals surface area contributed by atoms with Gasteiger partial charge in [-0.2, -0.15) is 0 Å². The molecule has 0 spiro atoms. The number of thiazole rings is 1. The number of hydrogen-bond acceptors (Lipinski definition) is 7. The van der Waals surface area contributed by atoms with Crippen molar-refractivity contribution in [3.63, 3.8) is 0 Å². The third-order valence-electron chi connectivity index (χ3n) is 4.46. The summed E-state index contributed by atoms with van der Waals surface area (Å²) in [5.74, 6) is -0.528. The molecule has 7 nitrogen and oxygen atoms in total. The van der Waals surface area contributed by atoms with E-state index >= 15 is 0 Å². The summed E-state index contributed by atoms with van der Waals surface area (Å²) in [6.07, 6.45) is 0.230. The highest BCUT2D eigenvalue weighted by Gasteiger charge is 2.28. The lowest BCUT2D eigenvalue weighted by atomic mass is 9.95. The number of aliphatic imine (C=N–C) groups is 1. The van der Waals surface area contributed by atoms with Gasteiger partial charge in [-0.1, -0.05) is 34.1 Å². The van der Waals surface area contributed by atoms with E-state index in [9.17, 15) is 14.7 Å². The van der Waals surface area contributed by atoms with E-state index in [2.05, 4.69) is 26.7 Å². The molecule has 146 valence electrons. The number of nitrogens with one attached hydrogen (secondary N) is 1. The Labute approximate surface area is 158 Å². The Morgan fingerprint density at radius 2 is 2.08 bits per heavy atom. The summed E-state index contributed by atoms with van der Waals surface area (Å²) < 4.78 is 4.62. The van der Waals surface area contributed by atoms with Crippen LogP contribution in [-0.2, 0) is 9.53 Å². The van der Waals surface area contributed by atoms with Crippen LogP contribution in [0.5, 0.6) is 0 Å². The molecule has 0 radical (unpaired) electrons. The minimum absolute atomic E-state index is 0.0896. The summed E-state index contributed by atoms with van der Waals surface area (Å²) in [6.45, 7) is 11.4. The summed E-state index contributed by atoms with van der Waals surface area (Å²) in [6, 6.07) is -0.763. The summed E-state index contributed by atoms with van der Waals surface area (Å²) in [5, 5.41) is 15.4. The lowest BCUT2D eigenvalue weighted by Gasteiger charge is -2.27. The maximum Gasteiger partial charge on any atom is 0.357 e. The van der Waals surface area contributed by atoms with Crippen LogP contribution in [0.4, 0.5) is 0 Å². The van der Waals surface area contributed by atoms with Crippen LogP contribution in [-0.4, -0.2) is 47.9 Å². The van der Waals surface area contributed by atoms with Gasteiger partial charge in [0.05, 0.1) is 7.11 Å². The molecular formula is C18H29N3O4S. The Bertz CT molecular complexity index is 617. The van der Waals surface area contributed by atoms with Crippen LogP contribution in [0.15, 0.2) is 10.4 Å². The fourth-order valence-electron chi connectivity index (χ4n) is 2.49. The second-order valence-electron chi connectivity index (χ2n) is 6.69. The van der Waals surface area contributed by atoms with E-state index in [1.807, 2.05) is 27.7 Å². The van der Waals surface area contributed by atoms with E-state index in [-0.39, 0.29) is 29.5 Å². The predicted molar refractivity (Wildman–Crippen MR) is 103 cm³/mol. The van der Waals surface area contributed by atoms with Gasteiger partial charge in [-0.3, -0.25) is 9.79 Å². The maximum atomic E-state index is 12.5. The Hall–Kier alpha value is -1.80. The first kappa shape index (κ1) is 22.2. The highest BCUT2D eigenvalue weighted by Crippen LogP contribution is 2.25. The summed E-state index contributed by atoms with van der Waals surface area (Å²) in [7, 11) is 1.28. The molecule has 1 aromatic rings. The first-order valence-corrected chi connectivity index (χ1v) is 9.61. The summed E-state index contributed by atoms with van der Waals surface area (Å²) in [5.41, 5.74) is 0.171. The van der Waals surface area contributed by atoms with Gasteiger partial charge in [0.25, 0.3) is 0 Å². The van der Waals surface area contributed by atoms with Crippen LogP contribution in [0.2, 0.25) is 0 Å². The standard InChI is InChI=1S/C18H29N3O4S/c1-7-11(4)15(19-5)16(23)20-12(10(2)3)8-14(22)17-21-13(9-26-17)18(24)25-6/h9-12,14-15,22H,5,7-8H2,1-4,6H3,(H,20,23)/t11-,12+,14+,15-/m0/s1. The van der Waals surface area contributed by atoms with Gasteiger partial charge in [-0.15, -0.1) is 11.3 Å². The third-order valence-corrected chi connectivity index (χ3v) is 5.41. The molecule has 0 aliphatic carbocycles. The van der Waals surface area contributed by atoms with Gasteiger partial charge >= 0.3 is 5.97 Å². The quantitative estimate of drug-likeness (QED) is 0.478. The molecule has 1 aromatic heterocycles. The van der Waals surface area contributed by atoms with Crippen LogP contribution in [0.3, 0.4) is 0 Å². The number of aromatic nitrogens is 1. The van der Waals surface area contributed by atoms with E-state index in [4.69, 9.17) is 0 Å². The number of amides is 1. The number of hydrogen-bond donors (Lipinski definition) is 2. The first-order valence-electron chi connectivity index (χ1n) is 8.73. The lowest BCUT2D eigenvalue weighted by Crippen LogP contribution is -2.45. The number of aliphatic hydroxyl groups excluding tert-OH is 1. The van der Waals surface area contributed by atoms with Crippen LogP contribution >= 0.6 is 11.3 Å². The number of ether oxygens (including phenoxy) is 1. The van der Waals surface area contributed by atoms with Crippen molar-refractivity contribution in [2.75, 3.05) is 7.11 Å². The summed E-state index contributed by atoms with van der Waals surface area (Å²) >= 11 is 1.19. The monoisotopic (exact) mass is 383 g/mol. The number of carbonyl (C=O) groups excluding carboxylic acids is 2. The molecule has 0 aliphatic rings. The fourth-order valence-corrected chi connectivity index (χ4v) is 3.28.